The van der Waals surface area contributed by atoms with Crippen molar-refractivity contribution in [2.24, 2.45) is 5.92 Å². The van der Waals surface area contributed by atoms with Gasteiger partial charge in [-0.3, -0.25) is 14.4 Å². The predicted molar refractivity (Wildman–Crippen MR) is 216 cm³/mol. The summed E-state index contributed by atoms with van der Waals surface area (Å²) in [4.78, 5) is 80.4. The van der Waals surface area contributed by atoms with Gasteiger partial charge in [0.05, 0.1) is 40.0 Å². The molecule has 5 aromatic rings. The van der Waals surface area contributed by atoms with E-state index in [1.54, 1.807) is 13.8 Å². The van der Waals surface area contributed by atoms with Crippen molar-refractivity contribution in [3.63, 3.8) is 0 Å². The maximum Gasteiger partial charge on any atom is 0.332 e. The number of hydrogen-bond acceptors (Lipinski definition) is 12. The molecule has 16 heteroatoms. The van der Waals surface area contributed by atoms with Crippen LogP contribution in [0.2, 0.25) is 0 Å². The second-order valence-electron chi connectivity index (χ2n) is 14.4. The summed E-state index contributed by atoms with van der Waals surface area (Å²) in [7, 11) is 0. The highest BCUT2D eigenvalue weighted by Gasteiger charge is 2.62. The van der Waals surface area contributed by atoms with E-state index in [0.29, 0.717) is 46.8 Å². The van der Waals surface area contributed by atoms with Crippen molar-refractivity contribution in [2.75, 3.05) is 13.2 Å². The fourth-order valence-electron chi connectivity index (χ4n) is 7.48. The lowest BCUT2D eigenvalue weighted by molar-refractivity contribution is -0.150. The molecule has 0 unspecified atom stereocenters. The third-order valence-electron chi connectivity index (χ3n) is 10.5. The van der Waals surface area contributed by atoms with Crippen LogP contribution in [0.25, 0.3) is 32.0 Å². The molecule has 3 aliphatic rings. The summed E-state index contributed by atoms with van der Waals surface area (Å²) in [5, 5.41) is 6.54. The molecule has 8 rings (SSSR count). The average molecular weight is 811 g/mol. The lowest BCUT2D eigenvalue weighted by Crippen LogP contribution is -2.56. The van der Waals surface area contributed by atoms with Gasteiger partial charge in [0.1, 0.15) is 34.6 Å². The van der Waals surface area contributed by atoms with Gasteiger partial charge in [0.25, 0.3) is 5.91 Å². The normalized spacial score (nSPS) is 24.2. The number of amides is 3. The number of hydrogen-bond donors (Lipinski definition) is 2. The Labute approximate surface area is 339 Å². The molecule has 3 amide bonds. The maximum absolute atomic E-state index is 14.7. The van der Waals surface area contributed by atoms with Gasteiger partial charge in [-0.05, 0) is 63.8 Å². The van der Waals surface area contributed by atoms with E-state index in [1.165, 1.54) is 28.6 Å². The SMILES string of the molecule is CCOC(=O)[C@@]12C[C@H]1/C=C\CCCCC[C@H](NC(=O)c1cnc(C)nc1)C(=O)N1C[C@H](Oc3nc4ccccc4nc3-c3nc4ccccc4s3)C[C@H]1C(=O)N2.Cl. The van der Waals surface area contributed by atoms with Crippen LogP contribution in [-0.2, 0) is 19.1 Å². The Morgan fingerprint density at radius 3 is 2.47 bits per heavy atom. The third-order valence-corrected chi connectivity index (χ3v) is 11.6. The highest BCUT2D eigenvalue weighted by Crippen LogP contribution is 2.46. The average Bonchev–Trinajstić information content (AvgIpc) is 3.49. The van der Waals surface area contributed by atoms with Crippen molar-refractivity contribution in [2.45, 2.75) is 82.5 Å². The monoisotopic (exact) mass is 810 g/mol. The molecule has 2 fully saturated rings. The van der Waals surface area contributed by atoms with E-state index in [1.807, 2.05) is 60.7 Å². The number of nitrogens with zero attached hydrogens (tertiary/aromatic N) is 6. The van der Waals surface area contributed by atoms with Crippen molar-refractivity contribution in [1.82, 2.24) is 40.5 Å². The minimum atomic E-state index is -1.24. The molecular weight excluding hydrogens is 768 g/mol. The molecule has 14 nitrogen and oxygen atoms in total. The lowest BCUT2D eigenvalue weighted by Gasteiger charge is -2.29. The number of carbonyl (C=O) groups is 4. The fraction of sp³-hybridized carbons (Fsp3) is 0.390. The van der Waals surface area contributed by atoms with Gasteiger partial charge in [0, 0.05) is 24.7 Å². The molecule has 2 aliphatic heterocycles. The second kappa shape index (κ2) is 16.9. The number of carbonyl (C=O) groups excluding carboxylic acids is 4. The number of aromatic nitrogens is 5. The van der Waals surface area contributed by atoms with Crippen molar-refractivity contribution in [3.05, 3.63) is 84.5 Å². The molecule has 3 aromatic heterocycles. The topological polar surface area (TPSA) is 178 Å². The molecule has 5 atom stereocenters. The number of esters is 1. The van der Waals surface area contributed by atoms with Crippen molar-refractivity contribution in [1.29, 1.82) is 0 Å². The van der Waals surface area contributed by atoms with Gasteiger partial charge in [0.15, 0.2) is 5.69 Å². The number of rotatable bonds is 7. The van der Waals surface area contributed by atoms with Crippen LogP contribution in [0.4, 0.5) is 0 Å². The third kappa shape index (κ3) is 8.30. The van der Waals surface area contributed by atoms with Gasteiger partial charge in [-0.25, -0.2) is 29.7 Å². The van der Waals surface area contributed by atoms with Crippen LogP contribution in [-0.4, -0.2) is 90.4 Å². The van der Waals surface area contributed by atoms with Gasteiger partial charge in [-0.2, -0.15) is 0 Å². The van der Waals surface area contributed by atoms with Crippen LogP contribution in [0.15, 0.2) is 73.1 Å². The van der Waals surface area contributed by atoms with E-state index in [0.717, 1.165) is 29.5 Å². The van der Waals surface area contributed by atoms with Crippen LogP contribution < -0.4 is 15.4 Å². The Hall–Kier alpha value is -5.54. The van der Waals surface area contributed by atoms with E-state index < -0.39 is 47.4 Å². The van der Waals surface area contributed by atoms with E-state index in [9.17, 15) is 19.2 Å². The molecular formula is C41H43ClN8O6S. The molecule has 2 N–H and O–H groups in total. The molecule has 1 saturated heterocycles. The summed E-state index contributed by atoms with van der Waals surface area (Å²) >= 11 is 1.47. The number of para-hydroxylation sites is 3. The first-order valence-electron chi connectivity index (χ1n) is 19.1. The van der Waals surface area contributed by atoms with Gasteiger partial charge in [-0.1, -0.05) is 49.3 Å². The first-order valence-corrected chi connectivity index (χ1v) is 19.9. The molecule has 0 radical (unpaired) electrons. The number of nitrogens with one attached hydrogen (secondary N) is 2. The maximum atomic E-state index is 14.7. The molecule has 0 spiro atoms. The molecule has 5 heterocycles. The lowest BCUT2D eigenvalue weighted by atomic mass is 10.0. The molecule has 57 heavy (non-hydrogen) atoms. The number of allylic oxidation sites excluding steroid dienone is 1. The van der Waals surface area contributed by atoms with Crippen LogP contribution in [0.3, 0.4) is 0 Å². The zero-order valence-electron chi connectivity index (χ0n) is 31.6. The number of ether oxygens (including phenoxy) is 2. The number of thiazole rings is 1. The van der Waals surface area contributed by atoms with Crippen LogP contribution in [0.5, 0.6) is 5.88 Å². The van der Waals surface area contributed by atoms with E-state index in [4.69, 9.17) is 24.4 Å². The minimum Gasteiger partial charge on any atom is -0.471 e. The fourth-order valence-corrected chi connectivity index (χ4v) is 8.43. The summed E-state index contributed by atoms with van der Waals surface area (Å²) < 4.78 is 13.1. The number of benzene rings is 2. The first-order chi connectivity index (χ1) is 27.2. The number of fused-ring (bicyclic) bond motifs is 4. The van der Waals surface area contributed by atoms with Crippen molar-refractivity contribution in [3.8, 4) is 16.6 Å². The van der Waals surface area contributed by atoms with E-state index in [-0.39, 0.29) is 49.3 Å². The van der Waals surface area contributed by atoms with Crippen LogP contribution >= 0.6 is 23.7 Å². The zero-order valence-corrected chi connectivity index (χ0v) is 33.2. The highest BCUT2D eigenvalue weighted by molar-refractivity contribution is 7.21. The zero-order chi connectivity index (χ0) is 38.8. The standard InChI is InChI=1S/C41H42N8O6S.ClH/c1-3-54-40(53)41-20-26(41)13-7-5-4-6-8-17-31(45-35(50)25-21-42-24(2)43-22-25)39(52)49-23-27(19-32(49)36(51)48-41)55-37-34(44-28-14-9-10-15-29(28)46-37)38-47-30-16-11-12-18-33(30)56-38;/h7,9-16,18,21-22,26-27,31-32H,3-6,8,17,19-20,23H2,1-2H3,(H,45,50)(H,48,51);1H/b13-7-;/t26-,27-,31+,32+,41-;/m1./s1. The summed E-state index contributed by atoms with van der Waals surface area (Å²) in [6.45, 7) is 3.62. The van der Waals surface area contributed by atoms with Crippen molar-refractivity contribution < 1.29 is 28.7 Å². The summed E-state index contributed by atoms with van der Waals surface area (Å²) in [6.07, 6.45) is 10.1. The van der Waals surface area contributed by atoms with Gasteiger partial charge < -0.3 is 25.0 Å². The Bertz CT molecular complexity index is 2310. The largest absolute Gasteiger partial charge is 0.471 e. The minimum absolute atomic E-state index is 0. The highest BCUT2D eigenvalue weighted by atomic mass is 35.5. The number of halogens is 1. The Kier molecular flexibility index (Phi) is 11.8. The van der Waals surface area contributed by atoms with Gasteiger partial charge in [0.2, 0.25) is 17.7 Å². The first kappa shape index (κ1) is 39.7. The summed E-state index contributed by atoms with van der Waals surface area (Å²) in [6, 6.07) is 13.3. The summed E-state index contributed by atoms with van der Waals surface area (Å²) in [5.41, 5.74) is 1.52. The Balaban J connectivity index is 0.00000496. The Morgan fingerprint density at radius 2 is 1.72 bits per heavy atom. The van der Waals surface area contributed by atoms with Gasteiger partial charge in [-0.15, -0.1) is 23.7 Å². The molecule has 2 aromatic carbocycles. The number of aryl methyl sites for hydroxylation is 1. The Morgan fingerprint density at radius 1 is 0.982 bits per heavy atom. The molecule has 1 saturated carbocycles. The van der Waals surface area contributed by atoms with E-state index >= 15 is 0 Å². The van der Waals surface area contributed by atoms with Crippen molar-refractivity contribution >= 4 is 68.7 Å². The van der Waals surface area contributed by atoms with Gasteiger partial charge >= 0.3 is 5.97 Å². The quantitative estimate of drug-likeness (QED) is 0.156. The second-order valence-corrected chi connectivity index (χ2v) is 15.5. The van der Waals surface area contributed by atoms with E-state index in [2.05, 4.69) is 20.6 Å². The molecule has 1 aliphatic carbocycles. The smallest absolute Gasteiger partial charge is 0.332 e. The molecule has 0 bridgehead atoms. The van der Waals surface area contributed by atoms with Crippen LogP contribution in [0.1, 0.15) is 68.1 Å². The van der Waals surface area contributed by atoms with Crippen LogP contribution in [0, 0.1) is 12.8 Å². The predicted octanol–water partition coefficient (Wildman–Crippen LogP) is 5.53. The summed E-state index contributed by atoms with van der Waals surface area (Å²) in [5.74, 6) is -1.43. The molecule has 296 valence electrons.